The topological polar surface area (TPSA) is 53.1 Å². The van der Waals surface area contributed by atoms with E-state index >= 15 is 0 Å². The van der Waals surface area contributed by atoms with Crippen LogP contribution < -0.4 is 9.64 Å². The minimum atomic E-state index is 0.0589. The largest absolute Gasteiger partial charge is 0.494 e. The molecular weight excluding hydrogens is 462 g/mol. The minimum absolute atomic E-state index is 0.0589. The van der Waals surface area contributed by atoms with Gasteiger partial charge in [0.2, 0.25) is 5.91 Å². The molecule has 0 aromatic heterocycles. The van der Waals surface area contributed by atoms with Crippen molar-refractivity contribution >= 4 is 17.5 Å². The molecule has 6 heteroatoms. The third-order valence-corrected chi connectivity index (χ3v) is 7.88. The number of hydrogen-bond acceptors (Lipinski definition) is 4. The molecule has 0 atom stereocenters. The Morgan fingerprint density at radius 3 is 2.35 bits per heavy atom. The molecule has 1 fully saturated rings. The summed E-state index contributed by atoms with van der Waals surface area (Å²) in [6.07, 6.45) is 7.73. The molecule has 0 bridgehead atoms. The van der Waals surface area contributed by atoms with E-state index in [-0.39, 0.29) is 17.9 Å². The summed E-state index contributed by atoms with van der Waals surface area (Å²) in [6, 6.07) is 15.9. The van der Waals surface area contributed by atoms with Gasteiger partial charge < -0.3 is 19.4 Å². The molecule has 0 spiro atoms. The zero-order valence-corrected chi connectivity index (χ0v) is 22.7. The fourth-order valence-corrected chi connectivity index (χ4v) is 5.58. The second kappa shape index (κ2) is 13.6. The maximum Gasteiger partial charge on any atom is 0.253 e. The van der Waals surface area contributed by atoms with E-state index < -0.39 is 0 Å². The Bertz CT molecular complexity index is 1010. The van der Waals surface area contributed by atoms with E-state index in [0.717, 1.165) is 50.2 Å². The van der Waals surface area contributed by atoms with Crippen molar-refractivity contribution in [1.82, 2.24) is 9.80 Å². The lowest BCUT2D eigenvalue weighted by molar-refractivity contribution is -0.119. The predicted molar refractivity (Wildman–Crippen MR) is 149 cm³/mol. The fourth-order valence-electron chi connectivity index (χ4n) is 5.58. The lowest BCUT2D eigenvalue weighted by atomic mass is 9.95. The van der Waals surface area contributed by atoms with Gasteiger partial charge in [0.1, 0.15) is 5.75 Å². The Balaban J connectivity index is 1.19. The monoisotopic (exact) mass is 505 g/mol. The first-order valence-corrected chi connectivity index (χ1v) is 14.2. The van der Waals surface area contributed by atoms with Crippen LogP contribution in [0.2, 0.25) is 0 Å². The van der Waals surface area contributed by atoms with E-state index in [9.17, 15) is 9.59 Å². The summed E-state index contributed by atoms with van der Waals surface area (Å²) in [6.45, 7) is 9.93. The first-order chi connectivity index (χ1) is 18.1. The molecular formula is C31H43N3O3. The molecule has 0 unspecified atom stereocenters. The Morgan fingerprint density at radius 2 is 1.62 bits per heavy atom. The van der Waals surface area contributed by atoms with Crippen molar-refractivity contribution < 1.29 is 14.3 Å². The normalized spacial score (nSPS) is 16.2. The number of anilines is 1. The summed E-state index contributed by atoms with van der Waals surface area (Å²) in [5.74, 6) is 1.09. The summed E-state index contributed by atoms with van der Waals surface area (Å²) >= 11 is 0. The van der Waals surface area contributed by atoms with E-state index in [0.29, 0.717) is 31.7 Å². The van der Waals surface area contributed by atoms with Gasteiger partial charge in [-0.1, -0.05) is 44.9 Å². The first-order valence-electron chi connectivity index (χ1n) is 14.2. The average molecular weight is 506 g/mol. The summed E-state index contributed by atoms with van der Waals surface area (Å²) in [5, 5.41) is 0. The van der Waals surface area contributed by atoms with Crippen LogP contribution in [0.25, 0.3) is 0 Å². The molecule has 2 aliphatic rings. The number of amides is 2. The molecule has 2 aromatic carbocycles. The number of nitrogens with zero attached hydrogens (tertiary/aromatic N) is 3. The Morgan fingerprint density at radius 1 is 0.919 bits per heavy atom. The van der Waals surface area contributed by atoms with Crippen molar-refractivity contribution in [1.29, 1.82) is 0 Å². The van der Waals surface area contributed by atoms with Gasteiger partial charge >= 0.3 is 0 Å². The van der Waals surface area contributed by atoms with Crippen LogP contribution in [0.1, 0.15) is 74.7 Å². The highest BCUT2D eigenvalue weighted by Gasteiger charge is 2.33. The highest BCUT2D eigenvalue weighted by Crippen LogP contribution is 2.32. The summed E-state index contributed by atoms with van der Waals surface area (Å²) in [4.78, 5) is 32.2. The molecule has 2 aliphatic heterocycles. The number of ether oxygens (including phenoxy) is 1. The van der Waals surface area contributed by atoms with Crippen LogP contribution in [0.3, 0.4) is 0 Å². The van der Waals surface area contributed by atoms with Gasteiger partial charge in [0.25, 0.3) is 5.91 Å². The zero-order chi connectivity index (χ0) is 26.0. The standard InChI is InChI=1S/C31H43N3O3/c1-3-32(4-2)21-9-5-6-10-24-37-28-16-13-26(14-17-28)31(36)33-22-19-27(20-23-33)34-29-12-8-7-11-25(29)15-18-30(34)35/h7-8,11-14,16-17,27H,3-6,9-10,15,18-24H2,1-2H3. The smallest absolute Gasteiger partial charge is 0.253 e. The molecule has 0 radical (unpaired) electrons. The lowest BCUT2D eigenvalue weighted by Gasteiger charge is -2.41. The minimum Gasteiger partial charge on any atom is -0.494 e. The van der Waals surface area contributed by atoms with Gasteiger partial charge in [-0.15, -0.1) is 0 Å². The number of carbonyl (C=O) groups is 2. The molecule has 2 aromatic rings. The van der Waals surface area contributed by atoms with E-state index in [1.807, 2.05) is 46.2 Å². The van der Waals surface area contributed by atoms with E-state index in [1.54, 1.807) is 0 Å². The van der Waals surface area contributed by atoms with Crippen molar-refractivity contribution in [3.8, 4) is 5.75 Å². The van der Waals surface area contributed by atoms with Gasteiger partial charge in [0.05, 0.1) is 6.61 Å². The quantitative estimate of drug-likeness (QED) is 0.355. The van der Waals surface area contributed by atoms with Crippen LogP contribution >= 0.6 is 0 Å². The van der Waals surface area contributed by atoms with Gasteiger partial charge in [-0.25, -0.2) is 0 Å². The molecule has 0 saturated carbocycles. The number of aryl methyl sites for hydroxylation is 1. The van der Waals surface area contributed by atoms with Crippen LogP contribution in [0.15, 0.2) is 48.5 Å². The van der Waals surface area contributed by atoms with Gasteiger partial charge in [-0.2, -0.15) is 0 Å². The van der Waals surface area contributed by atoms with E-state index in [1.165, 1.54) is 31.4 Å². The average Bonchev–Trinajstić information content (AvgIpc) is 2.94. The van der Waals surface area contributed by atoms with Gasteiger partial charge in [-0.3, -0.25) is 9.59 Å². The van der Waals surface area contributed by atoms with Crippen molar-refractivity contribution in [2.75, 3.05) is 44.2 Å². The van der Waals surface area contributed by atoms with Gasteiger partial charge in [-0.05, 0) is 87.6 Å². The third kappa shape index (κ3) is 7.13. The summed E-state index contributed by atoms with van der Waals surface area (Å²) in [7, 11) is 0. The SMILES string of the molecule is CCN(CC)CCCCCCOc1ccc(C(=O)N2CCC(N3C(=O)CCc4ccccc43)CC2)cc1. The van der Waals surface area contributed by atoms with Crippen LogP contribution in [-0.4, -0.2) is 67.0 Å². The fraction of sp³-hybridized carbons (Fsp3) is 0.548. The number of piperidine rings is 1. The molecule has 6 nitrogen and oxygen atoms in total. The lowest BCUT2D eigenvalue weighted by Crippen LogP contribution is -2.50. The maximum atomic E-state index is 13.1. The number of unbranched alkanes of at least 4 members (excludes halogenated alkanes) is 3. The van der Waals surface area contributed by atoms with Crippen molar-refractivity contribution in [3.63, 3.8) is 0 Å². The highest BCUT2D eigenvalue weighted by molar-refractivity contribution is 5.97. The Hall–Kier alpha value is -2.86. The predicted octanol–water partition coefficient (Wildman–Crippen LogP) is 5.55. The molecule has 2 heterocycles. The molecule has 200 valence electrons. The number of para-hydroxylation sites is 1. The van der Waals surface area contributed by atoms with Crippen molar-refractivity contribution in [3.05, 3.63) is 59.7 Å². The first kappa shape index (κ1) is 27.2. The van der Waals surface area contributed by atoms with Gasteiger partial charge in [0, 0.05) is 36.8 Å². The second-order valence-electron chi connectivity index (χ2n) is 10.2. The Labute approximate surface area is 222 Å². The molecule has 0 aliphatic carbocycles. The maximum absolute atomic E-state index is 13.1. The van der Waals surface area contributed by atoms with E-state index in [4.69, 9.17) is 4.74 Å². The molecule has 0 N–H and O–H groups in total. The zero-order valence-electron chi connectivity index (χ0n) is 22.7. The number of fused-ring (bicyclic) bond motifs is 1. The number of benzene rings is 2. The Kier molecular flexibility index (Phi) is 10.0. The third-order valence-electron chi connectivity index (χ3n) is 7.88. The molecule has 2 amide bonds. The number of hydrogen-bond donors (Lipinski definition) is 0. The second-order valence-corrected chi connectivity index (χ2v) is 10.2. The van der Waals surface area contributed by atoms with Crippen LogP contribution in [0.5, 0.6) is 5.75 Å². The van der Waals surface area contributed by atoms with Crippen LogP contribution in [0.4, 0.5) is 5.69 Å². The van der Waals surface area contributed by atoms with Crippen LogP contribution in [-0.2, 0) is 11.2 Å². The summed E-state index contributed by atoms with van der Waals surface area (Å²) < 4.78 is 5.90. The highest BCUT2D eigenvalue weighted by atomic mass is 16.5. The summed E-state index contributed by atoms with van der Waals surface area (Å²) in [5.41, 5.74) is 3.00. The van der Waals surface area contributed by atoms with Crippen molar-refractivity contribution in [2.24, 2.45) is 0 Å². The molecule has 37 heavy (non-hydrogen) atoms. The van der Waals surface area contributed by atoms with E-state index in [2.05, 4.69) is 30.9 Å². The van der Waals surface area contributed by atoms with Crippen molar-refractivity contribution in [2.45, 2.75) is 71.3 Å². The molecule has 1 saturated heterocycles. The number of carbonyl (C=O) groups excluding carboxylic acids is 2. The number of rotatable bonds is 12. The number of likely N-dealkylation sites (tertiary alicyclic amines) is 1. The molecule has 4 rings (SSSR count). The van der Waals surface area contributed by atoms with Gasteiger partial charge in [0.15, 0.2) is 0 Å². The van der Waals surface area contributed by atoms with Crippen LogP contribution in [0, 0.1) is 0 Å².